The monoisotopic (exact) mass is 247 g/mol. The molecule has 0 bridgehead atoms. The van der Waals surface area contributed by atoms with Crippen molar-refractivity contribution in [1.29, 1.82) is 0 Å². The highest BCUT2D eigenvalue weighted by molar-refractivity contribution is 5.24. The summed E-state index contributed by atoms with van der Waals surface area (Å²) in [6.07, 6.45) is 6.41. The van der Waals surface area contributed by atoms with Gasteiger partial charge in [0.25, 0.3) is 0 Å². The molecule has 1 saturated carbocycles. The van der Waals surface area contributed by atoms with Crippen molar-refractivity contribution in [3.05, 3.63) is 35.9 Å². The van der Waals surface area contributed by atoms with E-state index in [1.807, 2.05) is 44.3 Å². The van der Waals surface area contributed by atoms with Crippen molar-refractivity contribution >= 4 is 0 Å². The minimum absolute atomic E-state index is 0.139. The second-order valence-electron chi connectivity index (χ2n) is 5.68. The van der Waals surface area contributed by atoms with Crippen LogP contribution in [0.25, 0.3) is 0 Å². The molecule has 0 aromatic heterocycles. The molecule has 0 aliphatic heterocycles. The Bertz CT molecular complexity index is 355. The van der Waals surface area contributed by atoms with E-state index in [0.29, 0.717) is 5.92 Å². The lowest BCUT2D eigenvalue weighted by molar-refractivity contribution is -0.0113. The van der Waals surface area contributed by atoms with Gasteiger partial charge in [-0.2, -0.15) is 0 Å². The van der Waals surface area contributed by atoms with Gasteiger partial charge in [0.2, 0.25) is 0 Å². The standard InChI is InChI=1S/C16H25NO/c1-16(18,14-11-7-4-8-12-14)15(17-2)13-9-5-3-6-10-13/h4,7-8,11-13,15,17-18H,3,5-6,9-10H2,1-2H3/t15?,16-/m1/s1. The minimum Gasteiger partial charge on any atom is -0.384 e. The van der Waals surface area contributed by atoms with Gasteiger partial charge in [0.05, 0.1) is 0 Å². The van der Waals surface area contributed by atoms with Crippen molar-refractivity contribution in [2.45, 2.75) is 50.7 Å². The Balaban J connectivity index is 2.19. The van der Waals surface area contributed by atoms with Gasteiger partial charge in [-0.3, -0.25) is 0 Å². The van der Waals surface area contributed by atoms with E-state index in [4.69, 9.17) is 0 Å². The summed E-state index contributed by atoms with van der Waals surface area (Å²) in [6, 6.07) is 10.2. The summed E-state index contributed by atoms with van der Waals surface area (Å²) >= 11 is 0. The van der Waals surface area contributed by atoms with E-state index in [1.165, 1.54) is 32.1 Å². The number of rotatable bonds is 4. The molecule has 0 amide bonds. The third kappa shape index (κ3) is 2.76. The van der Waals surface area contributed by atoms with Crippen molar-refractivity contribution in [3.63, 3.8) is 0 Å². The Morgan fingerprint density at radius 3 is 2.33 bits per heavy atom. The van der Waals surface area contributed by atoms with Gasteiger partial charge in [-0.15, -0.1) is 0 Å². The number of aliphatic hydroxyl groups is 1. The molecule has 1 aromatic carbocycles. The molecule has 2 atom stereocenters. The molecular weight excluding hydrogens is 222 g/mol. The zero-order valence-corrected chi connectivity index (χ0v) is 11.5. The molecule has 0 spiro atoms. The first-order chi connectivity index (χ1) is 8.66. The van der Waals surface area contributed by atoms with Crippen LogP contribution in [0.2, 0.25) is 0 Å². The molecule has 2 rings (SSSR count). The van der Waals surface area contributed by atoms with Crippen molar-refractivity contribution in [3.8, 4) is 0 Å². The first-order valence-corrected chi connectivity index (χ1v) is 7.11. The van der Waals surface area contributed by atoms with Crippen LogP contribution in [0, 0.1) is 5.92 Å². The van der Waals surface area contributed by atoms with E-state index < -0.39 is 5.60 Å². The van der Waals surface area contributed by atoms with Gasteiger partial charge >= 0.3 is 0 Å². The fraction of sp³-hybridized carbons (Fsp3) is 0.625. The van der Waals surface area contributed by atoms with Crippen LogP contribution in [0.5, 0.6) is 0 Å². The van der Waals surface area contributed by atoms with E-state index in [1.54, 1.807) is 0 Å². The molecule has 0 saturated heterocycles. The molecule has 1 aliphatic rings. The van der Waals surface area contributed by atoms with Crippen LogP contribution in [-0.4, -0.2) is 18.2 Å². The number of likely N-dealkylation sites (N-methyl/N-ethyl adjacent to an activating group) is 1. The fourth-order valence-corrected chi connectivity index (χ4v) is 3.40. The molecule has 2 nitrogen and oxygen atoms in total. The summed E-state index contributed by atoms with van der Waals surface area (Å²) in [6.45, 7) is 1.94. The second kappa shape index (κ2) is 5.85. The Morgan fingerprint density at radius 1 is 1.17 bits per heavy atom. The van der Waals surface area contributed by atoms with Gasteiger partial charge < -0.3 is 10.4 Å². The third-order valence-corrected chi connectivity index (χ3v) is 4.40. The van der Waals surface area contributed by atoms with E-state index >= 15 is 0 Å². The van der Waals surface area contributed by atoms with Gasteiger partial charge in [0, 0.05) is 6.04 Å². The Kier molecular flexibility index (Phi) is 4.41. The molecule has 2 N–H and O–H groups in total. The van der Waals surface area contributed by atoms with Crippen molar-refractivity contribution in [2.75, 3.05) is 7.05 Å². The lowest BCUT2D eigenvalue weighted by Gasteiger charge is -2.40. The molecule has 2 heteroatoms. The Hall–Kier alpha value is -0.860. The molecular formula is C16H25NO. The highest BCUT2D eigenvalue weighted by atomic mass is 16.3. The smallest absolute Gasteiger partial charge is 0.102 e. The molecule has 1 fully saturated rings. The van der Waals surface area contributed by atoms with E-state index in [0.717, 1.165) is 5.56 Å². The lowest BCUT2D eigenvalue weighted by atomic mass is 9.75. The average molecular weight is 247 g/mol. The first kappa shape index (κ1) is 13.6. The Morgan fingerprint density at radius 2 is 1.78 bits per heavy atom. The molecule has 1 unspecified atom stereocenters. The number of benzene rings is 1. The predicted octanol–water partition coefficient (Wildman–Crippen LogP) is 3.06. The molecule has 1 aliphatic carbocycles. The van der Waals surface area contributed by atoms with Crippen LogP contribution in [-0.2, 0) is 5.60 Å². The maximum atomic E-state index is 10.9. The Labute approximate surface area is 110 Å². The summed E-state index contributed by atoms with van der Waals surface area (Å²) in [5, 5.41) is 14.3. The lowest BCUT2D eigenvalue weighted by Crippen LogP contribution is -2.50. The molecule has 100 valence electrons. The zero-order chi connectivity index (χ0) is 13.0. The van der Waals surface area contributed by atoms with E-state index in [9.17, 15) is 5.11 Å². The van der Waals surface area contributed by atoms with E-state index in [-0.39, 0.29) is 6.04 Å². The van der Waals surface area contributed by atoms with Gasteiger partial charge in [-0.25, -0.2) is 0 Å². The van der Waals surface area contributed by atoms with Crippen LogP contribution in [0.1, 0.15) is 44.6 Å². The summed E-state index contributed by atoms with van der Waals surface area (Å²) in [4.78, 5) is 0. The number of hydrogen-bond acceptors (Lipinski definition) is 2. The SMILES string of the molecule is CNC(C1CCCCC1)[C@](C)(O)c1ccccc1. The highest BCUT2D eigenvalue weighted by Gasteiger charge is 2.38. The van der Waals surface area contributed by atoms with Crippen LogP contribution < -0.4 is 5.32 Å². The summed E-state index contributed by atoms with van der Waals surface area (Å²) in [5.74, 6) is 0.582. The summed E-state index contributed by atoms with van der Waals surface area (Å²) < 4.78 is 0. The normalized spacial score (nSPS) is 22.4. The van der Waals surface area contributed by atoms with Crippen LogP contribution in [0.4, 0.5) is 0 Å². The van der Waals surface area contributed by atoms with Crippen molar-refractivity contribution in [1.82, 2.24) is 5.32 Å². The quantitative estimate of drug-likeness (QED) is 0.857. The summed E-state index contributed by atoms with van der Waals surface area (Å²) in [5.41, 5.74) is 0.216. The van der Waals surface area contributed by atoms with Crippen molar-refractivity contribution < 1.29 is 5.11 Å². The van der Waals surface area contributed by atoms with Crippen molar-refractivity contribution in [2.24, 2.45) is 5.92 Å². The molecule has 1 aromatic rings. The highest BCUT2D eigenvalue weighted by Crippen LogP contribution is 2.35. The maximum Gasteiger partial charge on any atom is 0.102 e. The van der Waals surface area contributed by atoms with Gasteiger partial charge in [-0.1, -0.05) is 49.6 Å². The second-order valence-corrected chi connectivity index (χ2v) is 5.68. The molecule has 18 heavy (non-hydrogen) atoms. The number of nitrogens with one attached hydrogen (secondary N) is 1. The molecule has 0 heterocycles. The average Bonchev–Trinajstić information content (AvgIpc) is 2.41. The van der Waals surface area contributed by atoms with Gasteiger partial charge in [0.1, 0.15) is 5.60 Å². The molecule has 0 radical (unpaired) electrons. The summed E-state index contributed by atoms with van der Waals surface area (Å²) in [7, 11) is 1.97. The van der Waals surface area contributed by atoms with Crippen LogP contribution in [0.3, 0.4) is 0 Å². The van der Waals surface area contributed by atoms with Gasteiger partial charge in [-0.05, 0) is 38.3 Å². The zero-order valence-electron chi connectivity index (χ0n) is 11.5. The minimum atomic E-state index is -0.794. The van der Waals surface area contributed by atoms with E-state index in [2.05, 4.69) is 5.32 Å². The third-order valence-electron chi connectivity index (χ3n) is 4.40. The van der Waals surface area contributed by atoms with Crippen LogP contribution in [0.15, 0.2) is 30.3 Å². The fourth-order valence-electron chi connectivity index (χ4n) is 3.40. The largest absolute Gasteiger partial charge is 0.384 e. The maximum absolute atomic E-state index is 10.9. The number of hydrogen-bond donors (Lipinski definition) is 2. The predicted molar refractivity (Wildman–Crippen MR) is 75.4 cm³/mol. The first-order valence-electron chi connectivity index (χ1n) is 7.11. The topological polar surface area (TPSA) is 32.3 Å². The van der Waals surface area contributed by atoms with Gasteiger partial charge in [0.15, 0.2) is 0 Å². The van der Waals surface area contributed by atoms with Crippen LogP contribution >= 0.6 is 0 Å².